The molecule has 0 aliphatic heterocycles. The molecule has 0 fully saturated rings. The Labute approximate surface area is 89.7 Å². The van der Waals surface area contributed by atoms with Crippen molar-refractivity contribution in [3.8, 4) is 0 Å². The largest absolute Gasteiger partial charge is 0.331 e. The van der Waals surface area contributed by atoms with Crippen molar-refractivity contribution in [2.45, 2.75) is 19.1 Å². The molecule has 0 radical (unpaired) electrons. The first-order chi connectivity index (χ1) is 6.16. The minimum absolute atomic E-state index is 0.642. The number of nitrogens with zero attached hydrogens (tertiary/aromatic N) is 1. The van der Waals surface area contributed by atoms with Gasteiger partial charge >= 0.3 is 0 Å². The highest BCUT2D eigenvalue weighted by molar-refractivity contribution is 8.01. The van der Waals surface area contributed by atoms with Crippen molar-refractivity contribution < 1.29 is 9.47 Å². The number of methoxy groups -OCH3 is 1. The van der Waals surface area contributed by atoms with Crippen LogP contribution in [-0.2, 0) is 9.47 Å². The highest BCUT2D eigenvalue weighted by Gasteiger charge is 2.35. The lowest BCUT2D eigenvalue weighted by Crippen LogP contribution is -2.43. The first-order valence-corrected chi connectivity index (χ1v) is 6.44. The summed E-state index contributed by atoms with van der Waals surface area (Å²) in [6.07, 6.45) is 1.98. The van der Waals surface area contributed by atoms with Crippen molar-refractivity contribution in [2.24, 2.45) is 0 Å². The Morgan fingerprint density at radius 3 is 2.31 bits per heavy atom. The van der Waals surface area contributed by atoms with E-state index < -0.39 is 5.24 Å². The van der Waals surface area contributed by atoms with E-state index in [0.29, 0.717) is 6.61 Å². The predicted molar refractivity (Wildman–Crippen MR) is 60.8 cm³/mol. The van der Waals surface area contributed by atoms with E-state index in [0.717, 1.165) is 5.75 Å². The van der Waals surface area contributed by atoms with Gasteiger partial charge in [0, 0.05) is 26.5 Å². The summed E-state index contributed by atoms with van der Waals surface area (Å²) in [5.41, 5.74) is 0. The molecule has 1 atom stereocenters. The third-order valence-corrected chi connectivity index (χ3v) is 3.63. The highest BCUT2D eigenvalue weighted by atomic mass is 32.2. The molecule has 5 heteroatoms. The Balaban J connectivity index is 4.33. The van der Waals surface area contributed by atoms with Gasteiger partial charge in [0.15, 0.2) is 0 Å². The molecule has 0 bridgehead atoms. The summed E-state index contributed by atoms with van der Waals surface area (Å²) in [7, 11) is 3.64. The van der Waals surface area contributed by atoms with Crippen molar-refractivity contribution in [1.29, 1.82) is 0 Å². The van der Waals surface area contributed by atoms with Gasteiger partial charge in [-0.25, -0.2) is 0 Å². The van der Waals surface area contributed by atoms with Crippen LogP contribution in [0.5, 0.6) is 0 Å². The summed E-state index contributed by atoms with van der Waals surface area (Å²) in [4.78, 5) is 0. The summed E-state index contributed by atoms with van der Waals surface area (Å²) < 4.78 is 13.0. The Kier molecular flexibility index (Phi) is 7.26. The van der Waals surface area contributed by atoms with Gasteiger partial charge in [-0.2, -0.15) is 4.31 Å². The van der Waals surface area contributed by atoms with Crippen LogP contribution in [0.25, 0.3) is 0 Å². The predicted octanol–water partition coefficient (Wildman–Crippen LogP) is 2.24. The zero-order valence-corrected chi connectivity index (χ0v) is 10.6. The molecular weight excluding hydrogens is 206 g/mol. The summed E-state index contributed by atoms with van der Waals surface area (Å²) in [5, 5.41) is -0.643. The Morgan fingerprint density at radius 2 is 2.00 bits per heavy atom. The number of hydrogen-bond acceptors (Lipinski definition) is 5. The lowest BCUT2D eigenvalue weighted by molar-refractivity contribution is -0.202. The molecule has 0 saturated heterocycles. The first kappa shape index (κ1) is 13.6. The molecule has 0 spiro atoms. The second-order valence-electron chi connectivity index (χ2n) is 2.28. The number of ether oxygens (including phenoxy) is 2. The highest BCUT2D eigenvalue weighted by Crippen LogP contribution is 2.33. The molecule has 0 rings (SSSR count). The molecule has 0 amide bonds. The first-order valence-electron chi connectivity index (χ1n) is 4.27. The van der Waals surface area contributed by atoms with Gasteiger partial charge in [-0.3, -0.25) is 0 Å². The lowest BCUT2D eigenvalue weighted by Gasteiger charge is -2.36. The lowest BCUT2D eigenvalue weighted by atomic mass is 10.8. The number of hydrogen-bond donors (Lipinski definition) is 0. The minimum Gasteiger partial charge on any atom is -0.331 e. The molecule has 0 aliphatic carbocycles. The van der Waals surface area contributed by atoms with Gasteiger partial charge < -0.3 is 9.47 Å². The molecule has 1 unspecified atom stereocenters. The second-order valence-corrected chi connectivity index (χ2v) is 4.59. The van der Waals surface area contributed by atoms with Crippen molar-refractivity contribution in [3.63, 3.8) is 0 Å². The number of rotatable bonds is 7. The fourth-order valence-electron chi connectivity index (χ4n) is 1.00. The van der Waals surface area contributed by atoms with Crippen molar-refractivity contribution in [2.75, 3.05) is 32.8 Å². The smallest absolute Gasteiger partial charge is 0.291 e. The Hall–Kier alpha value is 0.580. The average Bonchev–Trinajstić information content (AvgIpc) is 2.14. The van der Waals surface area contributed by atoms with Crippen LogP contribution < -0.4 is 0 Å². The second kappa shape index (κ2) is 6.95. The monoisotopic (exact) mass is 225 g/mol. The third kappa shape index (κ3) is 3.67. The van der Waals surface area contributed by atoms with Crippen molar-refractivity contribution in [3.05, 3.63) is 0 Å². The van der Waals surface area contributed by atoms with Gasteiger partial charge in [0.2, 0.25) is 0 Å². The van der Waals surface area contributed by atoms with E-state index >= 15 is 0 Å². The van der Waals surface area contributed by atoms with Crippen LogP contribution in [0.3, 0.4) is 0 Å². The van der Waals surface area contributed by atoms with Gasteiger partial charge in [0.05, 0.1) is 0 Å². The maximum Gasteiger partial charge on any atom is 0.291 e. The van der Waals surface area contributed by atoms with Crippen LogP contribution in [0.15, 0.2) is 0 Å². The molecule has 0 N–H and O–H groups in total. The van der Waals surface area contributed by atoms with E-state index in [4.69, 9.17) is 9.47 Å². The van der Waals surface area contributed by atoms with Gasteiger partial charge in [0.1, 0.15) is 0 Å². The Bertz CT molecular complexity index is 131. The van der Waals surface area contributed by atoms with Crippen molar-refractivity contribution in [1.82, 2.24) is 4.31 Å². The Morgan fingerprint density at radius 1 is 1.38 bits per heavy atom. The van der Waals surface area contributed by atoms with Crippen LogP contribution in [0.2, 0.25) is 0 Å². The fraction of sp³-hybridized carbons (Fsp3) is 1.00. The average molecular weight is 225 g/mol. The molecule has 0 saturated carbocycles. The standard InChI is InChI=1S/C8H19NO2S2/c1-6-11-8(10-4,12-5)9(3)13-7-2/h6-7H2,1-5H3. The van der Waals surface area contributed by atoms with Gasteiger partial charge in [-0.15, -0.1) is 0 Å². The molecular formula is C8H19NO2S2. The molecule has 13 heavy (non-hydrogen) atoms. The van der Waals surface area contributed by atoms with Gasteiger partial charge in [-0.05, 0) is 13.2 Å². The quantitative estimate of drug-likeness (QED) is 0.488. The molecule has 0 aromatic rings. The number of thioether (sulfide) groups is 1. The van der Waals surface area contributed by atoms with Crippen LogP contribution in [0, 0.1) is 0 Å². The van der Waals surface area contributed by atoms with Crippen LogP contribution in [-0.4, -0.2) is 42.3 Å². The minimum atomic E-state index is -0.643. The fourth-order valence-corrected chi connectivity index (χ4v) is 2.72. The summed E-state index contributed by atoms with van der Waals surface area (Å²) in [6, 6.07) is 0. The summed E-state index contributed by atoms with van der Waals surface area (Å²) in [5.74, 6) is 1.01. The van der Waals surface area contributed by atoms with Gasteiger partial charge in [0.25, 0.3) is 5.24 Å². The molecule has 0 aromatic carbocycles. The van der Waals surface area contributed by atoms with Crippen LogP contribution in [0.4, 0.5) is 0 Å². The molecule has 0 aliphatic rings. The van der Waals surface area contributed by atoms with E-state index in [2.05, 4.69) is 6.92 Å². The molecule has 80 valence electrons. The van der Waals surface area contributed by atoms with Crippen LogP contribution >= 0.6 is 23.7 Å². The zero-order chi connectivity index (χ0) is 10.3. The normalized spacial score (nSPS) is 16.2. The topological polar surface area (TPSA) is 21.7 Å². The van der Waals surface area contributed by atoms with E-state index in [9.17, 15) is 0 Å². The maximum atomic E-state index is 5.59. The summed E-state index contributed by atoms with van der Waals surface area (Å²) in [6.45, 7) is 4.71. The van der Waals surface area contributed by atoms with E-state index in [1.165, 1.54) is 0 Å². The van der Waals surface area contributed by atoms with E-state index in [1.54, 1.807) is 30.8 Å². The zero-order valence-electron chi connectivity index (χ0n) is 8.99. The van der Waals surface area contributed by atoms with Crippen molar-refractivity contribution >= 4 is 23.7 Å². The molecule has 0 heterocycles. The molecule has 3 nitrogen and oxygen atoms in total. The third-order valence-electron chi connectivity index (χ3n) is 1.55. The molecule has 0 aromatic heterocycles. The van der Waals surface area contributed by atoms with E-state index in [-0.39, 0.29) is 0 Å². The van der Waals surface area contributed by atoms with Crippen LogP contribution in [0.1, 0.15) is 13.8 Å². The van der Waals surface area contributed by atoms with E-state index in [1.807, 2.05) is 24.5 Å². The summed E-state index contributed by atoms with van der Waals surface area (Å²) >= 11 is 3.24. The SMILES string of the molecule is CCOC(OC)(SC)N(C)SCC. The van der Waals surface area contributed by atoms with Gasteiger partial charge in [-0.1, -0.05) is 30.6 Å². The maximum absolute atomic E-state index is 5.59.